The van der Waals surface area contributed by atoms with Gasteiger partial charge < -0.3 is 10.5 Å². The van der Waals surface area contributed by atoms with E-state index in [4.69, 9.17) is 10.5 Å². The summed E-state index contributed by atoms with van der Waals surface area (Å²) in [6.45, 7) is 2.01. The van der Waals surface area contributed by atoms with Gasteiger partial charge in [0, 0.05) is 15.5 Å². The number of methoxy groups -OCH3 is 1. The molecule has 2 N–H and O–H groups in total. The van der Waals surface area contributed by atoms with Crippen LogP contribution in [-0.4, -0.2) is 7.11 Å². The first-order valence-electron chi connectivity index (χ1n) is 5.37. The summed E-state index contributed by atoms with van der Waals surface area (Å²) >= 11 is 1.69. The maximum atomic E-state index is 5.89. The highest BCUT2D eigenvalue weighted by Crippen LogP contribution is 2.30. The normalized spacial score (nSPS) is 10.2. The molecule has 0 atom stereocenters. The van der Waals surface area contributed by atoms with Crippen molar-refractivity contribution in [3.05, 3.63) is 48.0 Å². The Morgan fingerprint density at radius 2 is 1.65 bits per heavy atom. The van der Waals surface area contributed by atoms with Crippen molar-refractivity contribution < 1.29 is 4.74 Å². The topological polar surface area (TPSA) is 35.2 Å². The third-order valence-electron chi connectivity index (χ3n) is 2.55. The number of benzene rings is 2. The first-order chi connectivity index (χ1) is 8.19. The van der Waals surface area contributed by atoms with Gasteiger partial charge in [0.25, 0.3) is 0 Å². The second-order valence-corrected chi connectivity index (χ2v) is 4.94. The van der Waals surface area contributed by atoms with Crippen LogP contribution in [0, 0.1) is 6.92 Å². The van der Waals surface area contributed by atoms with Gasteiger partial charge in [-0.25, -0.2) is 0 Å². The van der Waals surface area contributed by atoms with Gasteiger partial charge in [0.1, 0.15) is 5.75 Å². The van der Waals surface area contributed by atoms with Gasteiger partial charge in [0.05, 0.1) is 7.11 Å². The minimum absolute atomic E-state index is 0.837. The van der Waals surface area contributed by atoms with Crippen LogP contribution >= 0.6 is 11.8 Å². The van der Waals surface area contributed by atoms with Crippen molar-refractivity contribution >= 4 is 17.4 Å². The van der Waals surface area contributed by atoms with E-state index >= 15 is 0 Å². The van der Waals surface area contributed by atoms with Gasteiger partial charge in [0.2, 0.25) is 0 Å². The molecule has 0 unspecified atom stereocenters. The van der Waals surface area contributed by atoms with Crippen LogP contribution < -0.4 is 10.5 Å². The Kier molecular flexibility index (Phi) is 3.59. The van der Waals surface area contributed by atoms with Crippen molar-refractivity contribution in [2.45, 2.75) is 16.7 Å². The van der Waals surface area contributed by atoms with Crippen LogP contribution in [0.15, 0.2) is 52.3 Å². The highest BCUT2D eigenvalue weighted by atomic mass is 32.2. The van der Waals surface area contributed by atoms with Gasteiger partial charge in [-0.1, -0.05) is 17.8 Å². The fourth-order valence-corrected chi connectivity index (χ4v) is 2.33. The number of hydrogen-bond acceptors (Lipinski definition) is 3. The summed E-state index contributed by atoms with van der Waals surface area (Å²) in [6, 6.07) is 14.1. The van der Waals surface area contributed by atoms with E-state index in [1.807, 2.05) is 43.3 Å². The van der Waals surface area contributed by atoms with Crippen LogP contribution in [0.25, 0.3) is 0 Å². The molecule has 2 nitrogen and oxygen atoms in total. The highest BCUT2D eigenvalue weighted by Gasteiger charge is 2.00. The van der Waals surface area contributed by atoms with Crippen molar-refractivity contribution in [3.8, 4) is 5.75 Å². The van der Waals surface area contributed by atoms with Gasteiger partial charge in [-0.2, -0.15) is 0 Å². The third kappa shape index (κ3) is 2.94. The number of anilines is 1. The van der Waals surface area contributed by atoms with Gasteiger partial charge >= 0.3 is 0 Å². The molecule has 2 rings (SSSR count). The molecule has 0 heterocycles. The summed E-state index contributed by atoms with van der Waals surface area (Å²) in [7, 11) is 1.67. The summed E-state index contributed by atoms with van der Waals surface area (Å²) in [5, 5.41) is 0. The maximum absolute atomic E-state index is 5.89. The van der Waals surface area contributed by atoms with Crippen molar-refractivity contribution in [1.29, 1.82) is 0 Å². The lowest BCUT2D eigenvalue weighted by Crippen LogP contribution is -1.88. The largest absolute Gasteiger partial charge is 0.497 e. The van der Waals surface area contributed by atoms with Crippen molar-refractivity contribution in [2.75, 3.05) is 12.8 Å². The maximum Gasteiger partial charge on any atom is 0.118 e. The molecule has 0 saturated carbocycles. The Hall–Kier alpha value is -1.61. The second-order valence-electron chi connectivity index (χ2n) is 3.80. The fourth-order valence-electron chi connectivity index (χ4n) is 1.46. The molecule has 0 aliphatic heterocycles. The molecule has 0 spiro atoms. The Balaban J connectivity index is 2.16. The van der Waals surface area contributed by atoms with Gasteiger partial charge in [-0.3, -0.25) is 0 Å². The Morgan fingerprint density at radius 1 is 1.00 bits per heavy atom. The van der Waals surface area contributed by atoms with E-state index in [1.165, 1.54) is 4.90 Å². The van der Waals surface area contributed by atoms with Crippen LogP contribution in [0.5, 0.6) is 5.75 Å². The lowest BCUT2D eigenvalue weighted by atomic mass is 10.2. The zero-order valence-electron chi connectivity index (χ0n) is 9.94. The minimum Gasteiger partial charge on any atom is -0.497 e. The molecule has 0 bridgehead atoms. The summed E-state index contributed by atoms with van der Waals surface area (Å²) < 4.78 is 5.12. The summed E-state index contributed by atoms with van der Waals surface area (Å²) in [5.74, 6) is 0.873. The Morgan fingerprint density at radius 3 is 2.24 bits per heavy atom. The van der Waals surface area contributed by atoms with Crippen molar-refractivity contribution in [3.63, 3.8) is 0 Å². The minimum atomic E-state index is 0.837. The number of rotatable bonds is 3. The SMILES string of the molecule is COc1ccc(Sc2ccc(C)c(N)c2)cc1. The monoisotopic (exact) mass is 245 g/mol. The molecule has 17 heavy (non-hydrogen) atoms. The number of aryl methyl sites for hydroxylation is 1. The van der Waals surface area contributed by atoms with E-state index < -0.39 is 0 Å². The molecule has 0 fully saturated rings. The first kappa shape index (κ1) is 11.9. The smallest absolute Gasteiger partial charge is 0.118 e. The molecule has 0 radical (unpaired) electrons. The molecule has 0 saturated heterocycles. The predicted molar refractivity (Wildman–Crippen MR) is 72.7 cm³/mol. The van der Waals surface area contributed by atoms with Gasteiger partial charge in [0.15, 0.2) is 0 Å². The quantitative estimate of drug-likeness (QED) is 0.837. The average molecular weight is 245 g/mol. The van der Waals surface area contributed by atoms with E-state index in [1.54, 1.807) is 18.9 Å². The lowest BCUT2D eigenvalue weighted by molar-refractivity contribution is 0.414. The zero-order valence-corrected chi connectivity index (χ0v) is 10.8. The summed E-state index contributed by atoms with van der Waals surface area (Å²) in [5.41, 5.74) is 7.84. The van der Waals surface area contributed by atoms with Crippen LogP contribution in [-0.2, 0) is 0 Å². The molecule has 0 aliphatic rings. The van der Waals surface area contributed by atoms with E-state index in [2.05, 4.69) is 6.07 Å². The van der Waals surface area contributed by atoms with Crippen molar-refractivity contribution in [2.24, 2.45) is 0 Å². The molecular formula is C14H15NOS. The molecule has 0 aliphatic carbocycles. The van der Waals surface area contributed by atoms with Crippen LogP contribution in [0.1, 0.15) is 5.56 Å². The molecular weight excluding hydrogens is 230 g/mol. The van der Waals surface area contributed by atoms with Crippen LogP contribution in [0.3, 0.4) is 0 Å². The standard InChI is InChI=1S/C14H15NOS/c1-10-3-6-13(9-14(10)15)17-12-7-4-11(16-2)5-8-12/h3-9H,15H2,1-2H3. The number of ether oxygens (including phenoxy) is 1. The van der Waals surface area contributed by atoms with E-state index in [0.717, 1.165) is 21.9 Å². The highest BCUT2D eigenvalue weighted by molar-refractivity contribution is 7.99. The van der Waals surface area contributed by atoms with Gasteiger partial charge in [-0.05, 0) is 48.9 Å². The Bertz CT molecular complexity index is 508. The summed E-state index contributed by atoms with van der Waals surface area (Å²) in [6.07, 6.45) is 0. The molecule has 0 aromatic heterocycles. The average Bonchev–Trinajstić information content (AvgIpc) is 2.35. The zero-order chi connectivity index (χ0) is 12.3. The first-order valence-corrected chi connectivity index (χ1v) is 6.19. The molecule has 2 aromatic rings. The van der Waals surface area contributed by atoms with E-state index in [9.17, 15) is 0 Å². The Labute approximate surface area is 106 Å². The van der Waals surface area contributed by atoms with E-state index in [0.29, 0.717) is 0 Å². The second kappa shape index (κ2) is 5.15. The predicted octanol–water partition coefficient (Wildman–Crippen LogP) is 3.74. The van der Waals surface area contributed by atoms with Crippen LogP contribution in [0.4, 0.5) is 5.69 Å². The third-order valence-corrected chi connectivity index (χ3v) is 3.54. The van der Waals surface area contributed by atoms with Gasteiger partial charge in [-0.15, -0.1) is 0 Å². The molecule has 88 valence electrons. The molecule has 0 amide bonds. The van der Waals surface area contributed by atoms with Crippen molar-refractivity contribution in [1.82, 2.24) is 0 Å². The number of nitrogens with two attached hydrogens (primary N) is 1. The molecule has 2 aromatic carbocycles. The number of nitrogen functional groups attached to an aromatic ring is 1. The molecule has 3 heteroatoms. The summed E-state index contributed by atoms with van der Waals surface area (Å²) in [4.78, 5) is 2.33. The van der Waals surface area contributed by atoms with Crippen LogP contribution in [0.2, 0.25) is 0 Å². The number of hydrogen-bond donors (Lipinski definition) is 1. The van der Waals surface area contributed by atoms with E-state index in [-0.39, 0.29) is 0 Å². The lowest BCUT2D eigenvalue weighted by Gasteiger charge is -2.05. The fraction of sp³-hybridized carbons (Fsp3) is 0.143.